The molecule has 0 fully saturated rings. The Morgan fingerprint density at radius 3 is 2.36 bits per heavy atom. The van der Waals surface area contributed by atoms with Gasteiger partial charge in [0.25, 0.3) is 0 Å². The monoisotopic (exact) mass is 410 g/mol. The SMILES string of the molecule is O=C(O)C(O)(COc1ccc(C(F)(F)F)cc1Cl)c1cccc2ccccc12. The number of halogens is 4. The number of ether oxygens (including phenoxy) is 1. The molecule has 0 spiro atoms. The highest BCUT2D eigenvalue weighted by Crippen LogP contribution is 2.36. The second kappa shape index (κ2) is 7.33. The average molecular weight is 411 g/mol. The fraction of sp³-hybridized carbons (Fsp3) is 0.150. The number of aliphatic hydroxyl groups is 1. The smallest absolute Gasteiger partial charge is 0.416 e. The van der Waals surface area contributed by atoms with Crippen LogP contribution in [0.25, 0.3) is 10.8 Å². The van der Waals surface area contributed by atoms with E-state index in [1.54, 1.807) is 36.4 Å². The zero-order valence-corrected chi connectivity index (χ0v) is 15.0. The predicted molar refractivity (Wildman–Crippen MR) is 97.4 cm³/mol. The van der Waals surface area contributed by atoms with E-state index < -0.39 is 29.9 Å². The Morgan fingerprint density at radius 2 is 1.71 bits per heavy atom. The molecule has 3 aromatic carbocycles. The van der Waals surface area contributed by atoms with E-state index in [2.05, 4.69) is 0 Å². The molecule has 0 aliphatic rings. The molecule has 2 N–H and O–H groups in total. The minimum atomic E-state index is -4.58. The van der Waals surface area contributed by atoms with Gasteiger partial charge in [0, 0.05) is 5.56 Å². The lowest BCUT2D eigenvalue weighted by Gasteiger charge is -2.26. The van der Waals surface area contributed by atoms with Crippen LogP contribution in [0.1, 0.15) is 11.1 Å². The molecule has 0 aromatic heterocycles. The van der Waals surface area contributed by atoms with Crippen molar-refractivity contribution >= 4 is 28.3 Å². The molecule has 0 amide bonds. The van der Waals surface area contributed by atoms with E-state index in [9.17, 15) is 28.2 Å². The van der Waals surface area contributed by atoms with E-state index in [0.29, 0.717) is 16.8 Å². The van der Waals surface area contributed by atoms with Crippen molar-refractivity contribution in [1.82, 2.24) is 0 Å². The number of hydrogen-bond acceptors (Lipinski definition) is 3. The third-order valence-corrected chi connectivity index (χ3v) is 4.58. The zero-order chi connectivity index (χ0) is 20.5. The summed E-state index contributed by atoms with van der Waals surface area (Å²) in [6.45, 7) is -0.749. The molecule has 146 valence electrons. The Hall–Kier alpha value is -2.77. The van der Waals surface area contributed by atoms with Crippen LogP contribution in [0.15, 0.2) is 60.7 Å². The number of rotatable bonds is 5. The van der Waals surface area contributed by atoms with Crippen molar-refractivity contribution in [3.63, 3.8) is 0 Å². The number of fused-ring (bicyclic) bond motifs is 1. The van der Waals surface area contributed by atoms with E-state index in [0.717, 1.165) is 12.1 Å². The summed E-state index contributed by atoms with van der Waals surface area (Å²) in [6.07, 6.45) is -4.58. The molecule has 1 atom stereocenters. The van der Waals surface area contributed by atoms with Gasteiger partial charge < -0.3 is 14.9 Å². The van der Waals surface area contributed by atoms with E-state index in [1.807, 2.05) is 0 Å². The van der Waals surface area contributed by atoms with Gasteiger partial charge in [-0.1, -0.05) is 54.1 Å². The van der Waals surface area contributed by atoms with Crippen molar-refractivity contribution in [3.8, 4) is 5.75 Å². The third kappa shape index (κ3) is 3.76. The Morgan fingerprint density at radius 1 is 1.04 bits per heavy atom. The summed E-state index contributed by atoms with van der Waals surface area (Å²) in [5, 5.41) is 21.4. The number of benzene rings is 3. The van der Waals surface area contributed by atoms with Gasteiger partial charge in [0.2, 0.25) is 5.60 Å². The van der Waals surface area contributed by atoms with Crippen molar-refractivity contribution in [2.24, 2.45) is 0 Å². The molecule has 0 heterocycles. The molecule has 8 heteroatoms. The first-order valence-electron chi connectivity index (χ1n) is 8.06. The van der Waals surface area contributed by atoms with Crippen LogP contribution >= 0.6 is 11.6 Å². The molecular weight excluding hydrogens is 397 g/mol. The second-order valence-electron chi connectivity index (χ2n) is 6.12. The van der Waals surface area contributed by atoms with Crippen LogP contribution in [-0.4, -0.2) is 22.8 Å². The van der Waals surface area contributed by atoms with E-state index >= 15 is 0 Å². The molecule has 0 radical (unpaired) electrons. The molecule has 0 aliphatic heterocycles. The van der Waals surface area contributed by atoms with E-state index in [4.69, 9.17) is 16.3 Å². The lowest BCUT2D eigenvalue weighted by atomic mass is 9.90. The van der Waals surface area contributed by atoms with Gasteiger partial charge in [-0.05, 0) is 29.0 Å². The molecule has 1 unspecified atom stereocenters. The molecule has 4 nitrogen and oxygen atoms in total. The molecule has 3 aromatic rings. The lowest BCUT2D eigenvalue weighted by molar-refractivity contribution is -0.163. The maximum atomic E-state index is 12.7. The fourth-order valence-electron chi connectivity index (χ4n) is 2.82. The number of carboxylic acid groups (broad SMARTS) is 1. The van der Waals surface area contributed by atoms with Crippen molar-refractivity contribution < 1.29 is 32.9 Å². The highest BCUT2D eigenvalue weighted by atomic mass is 35.5. The van der Waals surface area contributed by atoms with E-state index in [1.165, 1.54) is 6.07 Å². The van der Waals surface area contributed by atoms with Gasteiger partial charge in [-0.2, -0.15) is 13.2 Å². The number of aliphatic carboxylic acids is 1. The Kier molecular flexibility index (Phi) is 5.23. The largest absolute Gasteiger partial charge is 0.488 e. The summed E-state index contributed by atoms with van der Waals surface area (Å²) >= 11 is 5.83. The molecule has 3 rings (SSSR count). The summed E-state index contributed by atoms with van der Waals surface area (Å²) in [4.78, 5) is 11.8. The number of hydrogen-bond donors (Lipinski definition) is 2. The van der Waals surface area contributed by atoms with Crippen molar-refractivity contribution in [3.05, 3.63) is 76.8 Å². The molecule has 0 saturated heterocycles. The lowest BCUT2D eigenvalue weighted by Crippen LogP contribution is -2.41. The quantitative estimate of drug-likeness (QED) is 0.630. The van der Waals surface area contributed by atoms with Gasteiger partial charge in [-0.3, -0.25) is 0 Å². The topological polar surface area (TPSA) is 66.8 Å². The third-order valence-electron chi connectivity index (χ3n) is 4.28. The first-order chi connectivity index (χ1) is 13.1. The van der Waals surface area contributed by atoms with Crippen LogP contribution < -0.4 is 4.74 Å². The highest BCUT2D eigenvalue weighted by Gasteiger charge is 2.41. The van der Waals surface area contributed by atoms with Crippen molar-refractivity contribution in [2.45, 2.75) is 11.8 Å². The predicted octanol–water partition coefficient (Wildman–Crippen LogP) is 4.86. The first kappa shape index (κ1) is 20.0. The summed E-state index contributed by atoms with van der Waals surface area (Å²) < 4.78 is 43.5. The van der Waals surface area contributed by atoms with Gasteiger partial charge in [-0.15, -0.1) is 0 Å². The van der Waals surface area contributed by atoms with Gasteiger partial charge >= 0.3 is 12.1 Å². The maximum absolute atomic E-state index is 12.7. The molecule has 28 heavy (non-hydrogen) atoms. The van der Waals surface area contributed by atoms with Crippen LogP contribution in [0.5, 0.6) is 5.75 Å². The van der Waals surface area contributed by atoms with Gasteiger partial charge in [-0.25, -0.2) is 4.79 Å². The summed E-state index contributed by atoms with van der Waals surface area (Å²) in [7, 11) is 0. The van der Waals surface area contributed by atoms with Gasteiger partial charge in [0.05, 0.1) is 10.6 Å². The number of alkyl halides is 3. The van der Waals surface area contributed by atoms with Crippen LogP contribution in [0.2, 0.25) is 5.02 Å². The zero-order valence-electron chi connectivity index (χ0n) is 14.2. The van der Waals surface area contributed by atoms with Crippen molar-refractivity contribution in [1.29, 1.82) is 0 Å². The Labute approximate surface area is 162 Å². The fourth-order valence-corrected chi connectivity index (χ4v) is 3.05. The van der Waals surface area contributed by atoms with E-state index in [-0.39, 0.29) is 16.3 Å². The van der Waals surface area contributed by atoms with Crippen molar-refractivity contribution in [2.75, 3.05) is 6.61 Å². The summed E-state index contributed by atoms with van der Waals surface area (Å²) in [5.41, 5.74) is -3.30. The van der Waals surface area contributed by atoms with Crippen LogP contribution in [0.4, 0.5) is 13.2 Å². The molecular formula is C20H14ClF3O4. The molecule has 0 bridgehead atoms. The maximum Gasteiger partial charge on any atom is 0.416 e. The Balaban J connectivity index is 1.95. The summed E-state index contributed by atoms with van der Waals surface area (Å²) in [5.74, 6) is -1.73. The van der Waals surface area contributed by atoms with Gasteiger partial charge in [0.15, 0.2) is 0 Å². The molecule has 0 saturated carbocycles. The van der Waals surface area contributed by atoms with Gasteiger partial charge in [0.1, 0.15) is 12.4 Å². The summed E-state index contributed by atoms with van der Waals surface area (Å²) in [6, 6.07) is 14.1. The van der Waals surface area contributed by atoms with Crippen LogP contribution in [0, 0.1) is 0 Å². The highest BCUT2D eigenvalue weighted by molar-refractivity contribution is 6.32. The Bertz CT molecular complexity index is 1030. The molecule has 0 aliphatic carbocycles. The number of carboxylic acids is 1. The minimum absolute atomic E-state index is 0.0983. The minimum Gasteiger partial charge on any atom is -0.488 e. The normalized spacial score (nSPS) is 13.9. The second-order valence-corrected chi connectivity index (χ2v) is 6.53. The average Bonchev–Trinajstić information content (AvgIpc) is 2.65. The number of carbonyl (C=O) groups is 1. The van der Waals surface area contributed by atoms with Crippen LogP contribution in [-0.2, 0) is 16.6 Å². The standard InChI is InChI=1S/C20H14ClF3O4/c21-16-10-13(20(22,23)24)8-9-17(16)28-11-19(27,18(25)26)15-7-3-5-12-4-1-2-6-14(12)15/h1-10,27H,11H2,(H,25,26). The van der Waals surface area contributed by atoms with Crippen LogP contribution in [0.3, 0.4) is 0 Å². The first-order valence-corrected chi connectivity index (χ1v) is 8.44.